The number of aryl methyl sites for hydroxylation is 1. The van der Waals surface area contributed by atoms with Gasteiger partial charge >= 0.3 is 24.3 Å². The number of halogens is 6. The third-order valence-corrected chi connectivity index (χ3v) is 8.20. The lowest BCUT2D eigenvalue weighted by atomic mass is 9.71. The Balaban J connectivity index is 0.000000317. The summed E-state index contributed by atoms with van der Waals surface area (Å²) in [7, 11) is 1.87. The molecule has 1 saturated carbocycles. The number of rotatable bonds is 6. The van der Waals surface area contributed by atoms with Crippen molar-refractivity contribution in [2.75, 3.05) is 46.4 Å². The Hall–Kier alpha value is -1.97. The van der Waals surface area contributed by atoms with Crippen LogP contribution in [0.4, 0.5) is 26.3 Å². The van der Waals surface area contributed by atoms with Crippen LogP contribution in [0.3, 0.4) is 0 Å². The molecule has 4 rings (SSSR count). The van der Waals surface area contributed by atoms with Crippen molar-refractivity contribution >= 4 is 23.3 Å². The van der Waals surface area contributed by atoms with Crippen LogP contribution in [0.5, 0.6) is 0 Å². The molecule has 1 atom stereocenters. The minimum Gasteiger partial charge on any atom is -0.475 e. The monoisotopic (exact) mass is 591 g/mol. The van der Waals surface area contributed by atoms with Crippen molar-refractivity contribution in [3.63, 3.8) is 0 Å². The predicted octanol–water partition coefficient (Wildman–Crippen LogP) is 4.68. The first kappa shape index (κ1) is 33.2. The first-order chi connectivity index (χ1) is 18.1. The number of carboxylic acids is 2. The van der Waals surface area contributed by atoms with Gasteiger partial charge < -0.3 is 19.8 Å². The van der Waals surface area contributed by atoms with Gasteiger partial charge in [0, 0.05) is 44.6 Å². The SMILES string of the molecule is COCC1CN(Cc2csc(C)n2)CC12CCN(CC1CCC1)CC2.O=C(O)C(F)(F)F.O=C(O)C(F)(F)F. The summed E-state index contributed by atoms with van der Waals surface area (Å²) in [5, 5.41) is 17.7. The maximum Gasteiger partial charge on any atom is 0.490 e. The van der Waals surface area contributed by atoms with E-state index in [1.165, 1.54) is 75.5 Å². The van der Waals surface area contributed by atoms with E-state index in [9.17, 15) is 26.3 Å². The molecule has 1 spiro atoms. The predicted molar refractivity (Wildman–Crippen MR) is 130 cm³/mol. The van der Waals surface area contributed by atoms with Gasteiger partial charge in [-0.05, 0) is 57.0 Å². The maximum atomic E-state index is 10.6. The Kier molecular flexibility index (Phi) is 12.0. The first-order valence-corrected chi connectivity index (χ1v) is 13.4. The summed E-state index contributed by atoms with van der Waals surface area (Å²) in [4.78, 5) is 27.8. The zero-order chi connectivity index (χ0) is 29.4. The van der Waals surface area contributed by atoms with Crippen molar-refractivity contribution in [3.05, 3.63) is 16.1 Å². The summed E-state index contributed by atoms with van der Waals surface area (Å²) in [6.07, 6.45) is -3.08. The van der Waals surface area contributed by atoms with Crippen LogP contribution in [0.1, 0.15) is 42.8 Å². The number of carbonyl (C=O) groups is 2. The molecule has 1 aromatic rings. The number of likely N-dealkylation sites (tertiary alicyclic amines) is 2. The van der Waals surface area contributed by atoms with Gasteiger partial charge in [-0.2, -0.15) is 26.3 Å². The third kappa shape index (κ3) is 10.5. The molecule has 224 valence electrons. The molecule has 15 heteroatoms. The lowest BCUT2D eigenvalue weighted by Gasteiger charge is -2.44. The highest BCUT2D eigenvalue weighted by Crippen LogP contribution is 2.45. The van der Waals surface area contributed by atoms with Gasteiger partial charge in [-0.15, -0.1) is 11.3 Å². The Morgan fingerprint density at radius 3 is 2.00 bits per heavy atom. The molecule has 0 radical (unpaired) electrons. The molecule has 0 amide bonds. The number of piperidine rings is 1. The van der Waals surface area contributed by atoms with E-state index in [4.69, 9.17) is 24.5 Å². The van der Waals surface area contributed by atoms with Crippen LogP contribution in [0, 0.1) is 24.2 Å². The molecule has 3 fully saturated rings. The van der Waals surface area contributed by atoms with Crippen LogP contribution in [-0.2, 0) is 20.9 Å². The maximum absolute atomic E-state index is 10.6. The molecule has 1 aliphatic carbocycles. The van der Waals surface area contributed by atoms with Crippen molar-refractivity contribution in [2.45, 2.75) is 57.9 Å². The lowest BCUT2D eigenvalue weighted by Crippen LogP contribution is -2.46. The topological polar surface area (TPSA) is 103 Å². The quantitative estimate of drug-likeness (QED) is 0.460. The van der Waals surface area contributed by atoms with Crippen LogP contribution >= 0.6 is 11.3 Å². The molecule has 2 aliphatic heterocycles. The number of hydrogen-bond donors (Lipinski definition) is 2. The van der Waals surface area contributed by atoms with Gasteiger partial charge in [0.2, 0.25) is 0 Å². The van der Waals surface area contributed by atoms with Gasteiger partial charge in [-0.25, -0.2) is 14.6 Å². The van der Waals surface area contributed by atoms with E-state index < -0.39 is 24.3 Å². The number of aliphatic carboxylic acids is 2. The van der Waals surface area contributed by atoms with Crippen molar-refractivity contribution in [2.24, 2.45) is 17.3 Å². The standard InChI is InChI=1S/C20H33N3OS.2C2HF3O2/c1-16-21-19(14-25-16)12-23-11-18(13-24-2)20(15-23)6-8-22(9-7-20)10-17-4-3-5-17;2*3-2(4,5)1(6)7/h14,17-18H,3-13,15H2,1-2H3;2*(H,6,7). The van der Waals surface area contributed by atoms with E-state index >= 15 is 0 Å². The van der Waals surface area contributed by atoms with Gasteiger partial charge in [0.1, 0.15) is 0 Å². The van der Waals surface area contributed by atoms with Crippen molar-refractivity contribution in [3.8, 4) is 0 Å². The molecular formula is C24H35F6N3O5S. The Labute approximate surface area is 226 Å². The van der Waals surface area contributed by atoms with E-state index in [1.807, 2.05) is 7.11 Å². The highest BCUT2D eigenvalue weighted by Gasteiger charge is 2.48. The number of methoxy groups -OCH3 is 1. The van der Waals surface area contributed by atoms with Crippen molar-refractivity contribution in [1.29, 1.82) is 0 Å². The zero-order valence-electron chi connectivity index (χ0n) is 21.9. The van der Waals surface area contributed by atoms with Gasteiger partial charge in [0.15, 0.2) is 0 Å². The van der Waals surface area contributed by atoms with E-state index in [1.54, 1.807) is 11.3 Å². The number of carboxylic acid groups (broad SMARTS) is 2. The summed E-state index contributed by atoms with van der Waals surface area (Å²) in [5.74, 6) is -3.83. The first-order valence-electron chi connectivity index (χ1n) is 12.5. The number of alkyl halides is 6. The van der Waals surface area contributed by atoms with Crippen LogP contribution in [0.25, 0.3) is 0 Å². The van der Waals surface area contributed by atoms with Gasteiger partial charge in [0.05, 0.1) is 17.3 Å². The van der Waals surface area contributed by atoms with E-state index in [0.717, 1.165) is 19.1 Å². The van der Waals surface area contributed by atoms with Crippen LogP contribution < -0.4 is 0 Å². The van der Waals surface area contributed by atoms with Crippen molar-refractivity contribution in [1.82, 2.24) is 14.8 Å². The second kappa shape index (κ2) is 14.1. The van der Waals surface area contributed by atoms with Crippen molar-refractivity contribution < 1.29 is 50.9 Å². The van der Waals surface area contributed by atoms with Gasteiger partial charge in [-0.3, -0.25) is 4.90 Å². The largest absolute Gasteiger partial charge is 0.490 e. The third-order valence-electron chi connectivity index (χ3n) is 7.38. The molecule has 8 nitrogen and oxygen atoms in total. The van der Waals surface area contributed by atoms with Gasteiger partial charge in [-0.1, -0.05) is 6.42 Å². The molecule has 39 heavy (non-hydrogen) atoms. The Morgan fingerprint density at radius 1 is 1.08 bits per heavy atom. The van der Waals surface area contributed by atoms with E-state index in [-0.39, 0.29) is 0 Å². The smallest absolute Gasteiger partial charge is 0.475 e. The molecule has 0 aromatic carbocycles. The molecule has 1 unspecified atom stereocenters. The highest BCUT2D eigenvalue weighted by atomic mass is 32.1. The summed E-state index contributed by atoms with van der Waals surface area (Å²) in [5.41, 5.74) is 1.72. The van der Waals surface area contributed by atoms with E-state index in [0.29, 0.717) is 11.3 Å². The van der Waals surface area contributed by atoms with Gasteiger partial charge in [0.25, 0.3) is 0 Å². The lowest BCUT2D eigenvalue weighted by molar-refractivity contribution is -0.193. The molecule has 2 N–H and O–H groups in total. The normalized spacial score (nSPS) is 21.9. The minimum absolute atomic E-state index is 0.469. The molecule has 0 bridgehead atoms. The molecule has 3 heterocycles. The summed E-state index contributed by atoms with van der Waals surface area (Å²) in [6, 6.07) is 0. The number of ether oxygens (including phenoxy) is 1. The average Bonchev–Trinajstić information content (AvgIpc) is 3.35. The highest BCUT2D eigenvalue weighted by molar-refractivity contribution is 7.09. The summed E-state index contributed by atoms with van der Waals surface area (Å²) in [6.45, 7) is 10.4. The van der Waals surface area contributed by atoms with Crippen LogP contribution in [0.2, 0.25) is 0 Å². The van der Waals surface area contributed by atoms with Crippen LogP contribution in [-0.4, -0.2) is 95.7 Å². The zero-order valence-corrected chi connectivity index (χ0v) is 22.7. The molecular weight excluding hydrogens is 556 g/mol. The number of thiazole rings is 1. The van der Waals surface area contributed by atoms with E-state index in [2.05, 4.69) is 27.1 Å². The fourth-order valence-corrected chi connectivity index (χ4v) is 5.80. The second-order valence-corrected chi connectivity index (χ2v) is 11.3. The Bertz CT molecular complexity index is 906. The summed E-state index contributed by atoms with van der Waals surface area (Å²) >= 11 is 1.77. The average molecular weight is 592 g/mol. The molecule has 1 aromatic heterocycles. The summed E-state index contributed by atoms with van der Waals surface area (Å²) < 4.78 is 69.1. The second-order valence-electron chi connectivity index (χ2n) is 10.2. The number of nitrogens with zero attached hydrogens (tertiary/aromatic N) is 3. The van der Waals surface area contributed by atoms with Crippen LogP contribution in [0.15, 0.2) is 5.38 Å². The minimum atomic E-state index is -5.08. The number of aromatic nitrogens is 1. The molecule has 3 aliphatic rings. The fourth-order valence-electron chi connectivity index (χ4n) is 5.19. The number of hydrogen-bond acceptors (Lipinski definition) is 7. The Morgan fingerprint density at radius 2 is 1.62 bits per heavy atom. The fraction of sp³-hybridized carbons (Fsp3) is 0.792. The molecule has 2 saturated heterocycles.